The lowest BCUT2D eigenvalue weighted by Crippen LogP contribution is -2.02. The van der Waals surface area contributed by atoms with Crippen molar-refractivity contribution in [1.82, 2.24) is 19.7 Å². The highest BCUT2D eigenvalue weighted by Crippen LogP contribution is 2.05. The van der Waals surface area contributed by atoms with Crippen LogP contribution in [0.5, 0.6) is 0 Å². The predicted octanol–water partition coefficient (Wildman–Crippen LogP) is 0.404. The number of aromatic nitrogens is 4. The molecule has 0 fully saturated rings. The number of rotatable bonds is 3. The summed E-state index contributed by atoms with van der Waals surface area (Å²) in [5, 5.41) is 7.17. The monoisotopic (exact) mass is 204 g/mol. The van der Waals surface area contributed by atoms with E-state index in [2.05, 4.69) is 20.4 Å². The molecule has 0 atom stereocenters. The lowest BCUT2D eigenvalue weighted by molar-refractivity contribution is 0.767. The fraction of sp³-hybridized carbons (Fsp3) is 0.222. The molecule has 2 heterocycles. The third-order valence-corrected chi connectivity index (χ3v) is 1.89. The summed E-state index contributed by atoms with van der Waals surface area (Å²) in [7, 11) is 1.88. The first kappa shape index (κ1) is 9.45. The van der Waals surface area contributed by atoms with Gasteiger partial charge in [0.05, 0.1) is 18.6 Å². The fourth-order valence-corrected chi connectivity index (χ4v) is 1.22. The van der Waals surface area contributed by atoms with Crippen molar-refractivity contribution in [3.8, 4) is 0 Å². The fourth-order valence-electron chi connectivity index (χ4n) is 1.22. The van der Waals surface area contributed by atoms with Crippen LogP contribution >= 0.6 is 0 Å². The number of aryl methyl sites for hydroxylation is 1. The average molecular weight is 204 g/mol. The van der Waals surface area contributed by atoms with Crippen LogP contribution in [0.2, 0.25) is 0 Å². The van der Waals surface area contributed by atoms with Gasteiger partial charge in [-0.2, -0.15) is 5.10 Å². The molecule has 2 aromatic heterocycles. The van der Waals surface area contributed by atoms with E-state index >= 15 is 0 Å². The van der Waals surface area contributed by atoms with Crippen LogP contribution in [0.25, 0.3) is 0 Å². The summed E-state index contributed by atoms with van der Waals surface area (Å²) >= 11 is 0. The highest BCUT2D eigenvalue weighted by molar-refractivity contribution is 5.38. The molecule has 0 saturated carbocycles. The van der Waals surface area contributed by atoms with Crippen molar-refractivity contribution in [3.05, 3.63) is 30.4 Å². The number of nitrogens with one attached hydrogen (secondary N) is 1. The minimum atomic E-state index is 0.409. The number of nitrogen functional groups attached to an aromatic ring is 1. The van der Waals surface area contributed by atoms with E-state index in [4.69, 9.17) is 5.73 Å². The molecule has 0 aromatic carbocycles. The highest BCUT2D eigenvalue weighted by Gasteiger charge is 1.98. The van der Waals surface area contributed by atoms with Gasteiger partial charge in [0.15, 0.2) is 0 Å². The quantitative estimate of drug-likeness (QED) is 0.756. The topological polar surface area (TPSA) is 81.7 Å². The largest absolute Gasteiger partial charge is 0.382 e. The molecule has 0 spiro atoms. The minimum absolute atomic E-state index is 0.409. The van der Waals surface area contributed by atoms with Crippen LogP contribution in [0.1, 0.15) is 5.56 Å². The zero-order valence-electron chi connectivity index (χ0n) is 8.38. The zero-order valence-corrected chi connectivity index (χ0v) is 8.38. The van der Waals surface area contributed by atoms with E-state index < -0.39 is 0 Å². The highest BCUT2D eigenvalue weighted by atomic mass is 15.2. The van der Waals surface area contributed by atoms with Crippen molar-refractivity contribution >= 4 is 11.6 Å². The lowest BCUT2D eigenvalue weighted by Gasteiger charge is -2.02. The van der Waals surface area contributed by atoms with Gasteiger partial charge >= 0.3 is 0 Å². The van der Waals surface area contributed by atoms with Crippen LogP contribution in [0.3, 0.4) is 0 Å². The molecule has 3 N–H and O–H groups in total. The Morgan fingerprint density at radius 3 is 2.93 bits per heavy atom. The first-order valence-corrected chi connectivity index (χ1v) is 4.53. The molecule has 0 amide bonds. The summed E-state index contributed by atoms with van der Waals surface area (Å²) in [4.78, 5) is 8.00. The Kier molecular flexibility index (Phi) is 2.49. The minimum Gasteiger partial charge on any atom is -0.382 e. The van der Waals surface area contributed by atoms with Crippen molar-refractivity contribution < 1.29 is 0 Å². The van der Waals surface area contributed by atoms with E-state index in [1.807, 2.05) is 13.2 Å². The second-order valence-electron chi connectivity index (χ2n) is 3.20. The van der Waals surface area contributed by atoms with Gasteiger partial charge in [0.1, 0.15) is 11.6 Å². The van der Waals surface area contributed by atoms with Crippen LogP contribution in [0.4, 0.5) is 11.6 Å². The maximum absolute atomic E-state index is 5.50. The van der Waals surface area contributed by atoms with Crippen molar-refractivity contribution in [2.45, 2.75) is 6.54 Å². The molecule has 0 aliphatic heterocycles. The molecule has 2 aromatic rings. The second-order valence-corrected chi connectivity index (χ2v) is 3.20. The molecule has 2 rings (SSSR count). The van der Waals surface area contributed by atoms with E-state index in [9.17, 15) is 0 Å². The molecule has 15 heavy (non-hydrogen) atoms. The van der Waals surface area contributed by atoms with Crippen molar-refractivity contribution in [2.24, 2.45) is 7.05 Å². The SMILES string of the molecule is Cn1cc(CNc2cncc(N)n2)cn1. The van der Waals surface area contributed by atoms with Gasteiger partial charge in [-0.1, -0.05) is 0 Å². The maximum Gasteiger partial charge on any atom is 0.147 e. The standard InChI is InChI=1S/C9H12N6/c1-15-6-7(3-13-15)2-12-9-5-11-4-8(10)14-9/h3-6H,2H2,1H3,(H3,10,12,14). The molecule has 0 aliphatic carbocycles. The number of hydrogen-bond acceptors (Lipinski definition) is 5. The van der Waals surface area contributed by atoms with Gasteiger partial charge < -0.3 is 11.1 Å². The van der Waals surface area contributed by atoms with Gasteiger partial charge in [0.25, 0.3) is 0 Å². The summed E-state index contributed by atoms with van der Waals surface area (Å²) in [5.41, 5.74) is 6.59. The smallest absolute Gasteiger partial charge is 0.147 e. The van der Waals surface area contributed by atoms with E-state index in [1.165, 1.54) is 6.20 Å². The molecule has 6 nitrogen and oxygen atoms in total. The van der Waals surface area contributed by atoms with E-state index in [-0.39, 0.29) is 0 Å². The predicted molar refractivity (Wildman–Crippen MR) is 57.0 cm³/mol. The van der Waals surface area contributed by atoms with Crippen LogP contribution in [-0.4, -0.2) is 19.7 Å². The van der Waals surface area contributed by atoms with Crippen LogP contribution in [0.15, 0.2) is 24.8 Å². The molecule has 0 unspecified atom stereocenters. The Morgan fingerprint density at radius 2 is 2.27 bits per heavy atom. The van der Waals surface area contributed by atoms with Crippen molar-refractivity contribution in [2.75, 3.05) is 11.1 Å². The molecule has 78 valence electrons. The Hall–Kier alpha value is -2.11. The van der Waals surface area contributed by atoms with Crippen molar-refractivity contribution in [1.29, 1.82) is 0 Å². The zero-order chi connectivity index (χ0) is 10.7. The molecular formula is C9H12N6. The summed E-state index contributed by atoms with van der Waals surface area (Å²) in [6.07, 6.45) is 6.88. The third kappa shape index (κ3) is 2.43. The van der Waals surface area contributed by atoms with Crippen LogP contribution < -0.4 is 11.1 Å². The summed E-state index contributed by atoms with van der Waals surface area (Å²) in [6, 6.07) is 0. The molecule has 0 saturated heterocycles. The van der Waals surface area contributed by atoms with Gasteiger partial charge in [0.2, 0.25) is 0 Å². The van der Waals surface area contributed by atoms with Crippen molar-refractivity contribution in [3.63, 3.8) is 0 Å². The molecule has 6 heteroatoms. The lowest BCUT2D eigenvalue weighted by atomic mass is 10.3. The van der Waals surface area contributed by atoms with Gasteiger partial charge in [-0.15, -0.1) is 0 Å². The number of nitrogens with two attached hydrogens (primary N) is 1. The first-order valence-electron chi connectivity index (χ1n) is 4.53. The Morgan fingerprint density at radius 1 is 1.40 bits per heavy atom. The van der Waals surface area contributed by atoms with Crippen LogP contribution in [-0.2, 0) is 13.6 Å². The third-order valence-electron chi connectivity index (χ3n) is 1.89. The van der Waals surface area contributed by atoms with Gasteiger partial charge in [-0.05, 0) is 0 Å². The Labute approximate surface area is 87.2 Å². The first-order chi connectivity index (χ1) is 7.24. The van der Waals surface area contributed by atoms with Gasteiger partial charge in [-0.25, -0.2) is 4.98 Å². The molecule has 0 bridgehead atoms. The van der Waals surface area contributed by atoms with Gasteiger partial charge in [0, 0.05) is 25.4 Å². The molecular weight excluding hydrogens is 192 g/mol. The number of anilines is 2. The van der Waals surface area contributed by atoms with E-state index in [0.29, 0.717) is 18.2 Å². The average Bonchev–Trinajstić information content (AvgIpc) is 2.62. The Balaban J connectivity index is 1.99. The maximum atomic E-state index is 5.50. The summed E-state index contributed by atoms with van der Waals surface area (Å²) < 4.78 is 1.75. The normalized spacial score (nSPS) is 10.2. The molecule has 0 aliphatic rings. The number of hydrogen-bond donors (Lipinski definition) is 2. The molecule has 0 radical (unpaired) electrons. The summed E-state index contributed by atoms with van der Waals surface area (Å²) in [5.74, 6) is 1.07. The van der Waals surface area contributed by atoms with Gasteiger partial charge in [-0.3, -0.25) is 9.67 Å². The Bertz CT molecular complexity index is 449. The number of nitrogens with zero attached hydrogens (tertiary/aromatic N) is 4. The van der Waals surface area contributed by atoms with Crippen LogP contribution in [0, 0.1) is 0 Å². The van der Waals surface area contributed by atoms with E-state index in [0.717, 1.165) is 5.56 Å². The second kappa shape index (κ2) is 3.95. The summed E-state index contributed by atoms with van der Waals surface area (Å²) in [6.45, 7) is 0.659. The van der Waals surface area contributed by atoms with E-state index in [1.54, 1.807) is 17.1 Å².